The molecule has 1 fully saturated rings. The molecule has 0 radical (unpaired) electrons. The largest absolute Gasteiger partial charge is 0.493 e. The van der Waals surface area contributed by atoms with Crippen LogP contribution in [-0.2, 0) is 4.74 Å². The van der Waals surface area contributed by atoms with Crippen molar-refractivity contribution in [3.8, 4) is 17.6 Å². The standard InChI is InChI=1S/C17H21BN2O4/c1-11(2)23-17(21)20-6-4-14(5-7-20)24-16-12(10-19)8-13(18)9-15(16)22-3/h8-9,14H,1,4-7,18H2,2-3H3. The van der Waals surface area contributed by atoms with Crippen LogP contribution in [0.1, 0.15) is 25.3 Å². The third-order valence-electron chi connectivity index (χ3n) is 3.79. The molecule has 0 bridgehead atoms. The molecule has 1 aliphatic heterocycles. The number of carbonyl (C=O) groups excluding carboxylic acids is 1. The molecule has 6 nitrogen and oxygen atoms in total. The van der Waals surface area contributed by atoms with Crippen LogP contribution in [0.3, 0.4) is 0 Å². The molecule has 1 aromatic carbocycles. The van der Waals surface area contributed by atoms with Crippen LogP contribution in [-0.4, -0.2) is 45.1 Å². The first-order chi connectivity index (χ1) is 11.4. The van der Waals surface area contributed by atoms with Crippen molar-refractivity contribution in [1.29, 1.82) is 5.26 Å². The van der Waals surface area contributed by atoms with E-state index in [4.69, 9.17) is 14.2 Å². The summed E-state index contributed by atoms with van der Waals surface area (Å²) in [5.41, 5.74) is 1.39. The molecular formula is C17H21BN2O4. The highest BCUT2D eigenvalue weighted by Gasteiger charge is 2.26. The molecule has 1 aromatic rings. The van der Waals surface area contributed by atoms with E-state index in [0.29, 0.717) is 48.8 Å². The van der Waals surface area contributed by atoms with E-state index < -0.39 is 0 Å². The SMILES string of the molecule is Bc1cc(C#N)c(OC2CCN(C(=O)OC(=C)C)CC2)c(OC)c1. The van der Waals surface area contributed by atoms with Gasteiger partial charge in [0.15, 0.2) is 11.5 Å². The van der Waals surface area contributed by atoms with E-state index in [1.54, 1.807) is 25.0 Å². The maximum Gasteiger partial charge on any atom is 0.414 e. The summed E-state index contributed by atoms with van der Waals surface area (Å²) in [5, 5.41) is 9.33. The molecule has 2 rings (SSSR count). The number of ether oxygens (including phenoxy) is 3. The lowest BCUT2D eigenvalue weighted by Gasteiger charge is -2.32. The summed E-state index contributed by atoms with van der Waals surface area (Å²) < 4.78 is 16.4. The van der Waals surface area contributed by atoms with Crippen molar-refractivity contribution in [1.82, 2.24) is 4.90 Å². The Hall–Kier alpha value is -2.62. The number of allylic oxidation sites excluding steroid dienone is 1. The molecule has 0 aliphatic carbocycles. The van der Waals surface area contributed by atoms with Crippen molar-refractivity contribution < 1.29 is 19.0 Å². The number of rotatable bonds is 4. The average Bonchev–Trinajstić information content (AvgIpc) is 2.55. The summed E-state index contributed by atoms with van der Waals surface area (Å²) in [7, 11) is 3.46. The highest BCUT2D eigenvalue weighted by atomic mass is 16.6. The smallest absolute Gasteiger partial charge is 0.414 e. The Kier molecular flexibility index (Phi) is 5.75. The third kappa shape index (κ3) is 4.22. The fourth-order valence-electron chi connectivity index (χ4n) is 2.63. The lowest BCUT2D eigenvalue weighted by atomic mass is 9.93. The molecular weight excluding hydrogens is 307 g/mol. The maximum absolute atomic E-state index is 11.9. The van der Waals surface area contributed by atoms with Crippen LogP contribution in [0.25, 0.3) is 0 Å². The van der Waals surface area contributed by atoms with Crippen LogP contribution in [0.2, 0.25) is 0 Å². The molecule has 0 saturated carbocycles. The number of methoxy groups -OCH3 is 1. The third-order valence-corrected chi connectivity index (χ3v) is 3.79. The predicted molar refractivity (Wildman–Crippen MR) is 92.4 cm³/mol. The van der Waals surface area contributed by atoms with Gasteiger partial charge in [0.25, 0.3) is 0 Å². The van der Waals surface area contributed by atoms with E-state index in [-0.39, 0.29) is 12.2 Å². The molecule has 126 valence electrons. The summed E-state index contributed by atoms with van der Waals surface area (Å²) in [5.74, 6) is 1.39. The van der Waals surface area contributed by atoms with Gasteiger partial charge in [0.05, 0.1) is 18.4 Å². The van der Waals surface area contributed by atoms with Crippen molar-refractivity contribution in [2.24, 2.45) is 0 Å². The zero-order valence-corrected chi connectivity index (χ0v) is 14.3. The second-order valence-corrected chi connectivity index (χ2v) is 5.83. The Labute approximate surface area is 143 Å². The van der Waals surface area contributed by atoms with Crippen LogP contribution in [0.4, 0.5) is 4.79 Å². The van der Waals surface area contributed by atoms with E-state index in [9.17, 15) is 10.1 Å². The zero-order chi connectivity index (χ0) is 17.7. The van der Waals surface area contributed by atoms with Crippen molar-refractivity contribution in [3.05, 3.63) is 30.0 Å². The topological polar surface area (TPSA) is 71.8 Å². The second kappa shape index (κ2) is 7.78. The summed E-state index contributed by atoms with van der Waals surface area (Å²) in [6, 6.07) is 5.77. The van der Waals surface area contributed by atoms with Crippen LogP contribution in [0.5, 0.6) is 11.5 Å². The molecule has 0 atom stereocenters. The first kappa shape index (κ1) is 17.7. The number of hydrogen-bond donors (Lipinski definition) is 0. The van der Waals surface area contributed by atoms with Gasteiger partial charge in [-0.05, 0) is 19.1 Å². The minimum absolute atomic E-state index is 0.0809. The molecule has 0 unspecified atom stereocenters. The monoisotopic (exact) mass is 328 g/mol. The quantitative estimate of drug-likeness (QED) is 0.616. The molecule has 0 spiro atoms. The molecule has 7 heteroatoms. The lowest BCUT2D eigenvalue weighted by molar-refractivity contribution is 0.0805. The highest BCUT2D eigenvalue weighted by Crippen LogP contribution is 2.32. The highest BCUT2D eigenvalue weighted by molar-refractivity contribution is 6.32. The van der Waals surface area contributed by atoms with Gasteiger partial charge in [0, 0.05) is 25.9 Å². The summed E-state index contributed by atoms with van der Waals surface area (Å²) in [6.07, 6.45) is 0.856. The molecule has 0 aromatic heterocycles. The van der Waals surface area contributed by atoms with E-state index in [0.717, 1.165) is 5.46 Å². The number of nitrogens with zero attached hydrogens (tertiary/aromatic N) is 2. The van der Waals surface area contributed by atoms with Crippen molar-refractivity contribution in [2.75, 3.05) is 20.2 Å². The van der Waals surface area contributed by atoms with Gasteiger partial charge in [-0.1, -0.05) is 12.0 Å². The molecule has 1 saturated heterocycles. The van der Waals surface area contributed by atoms with Gasteiger partial charge in [-0.2, -0.15) is 5.26 Å². The first-order valence-corrected chi connectivity index (χ1v) is 7.82. The van der Waals surface area contributed by atoms with E-state index >= 15 is 0 Å². The Morgan fingerprint density at radius 2 is 2.08 bits per heavy atom. The van der Waals surface area contributed by atoms with Crippen LogP contribution < -0.4 is 14.9 Å². The second-order valence-electron chi connectivity index (χ2n) is 5.83. The summed E-state index contributed by atoms with van der Waals surface area (Å²) in [4.78, 5) is 13.5. The minimum atomic E-state index is -0.383. The number of nitriles is 1. The number of amides is 1. The van der Waals surface area contributed by atoms with Gasteiger partial charge in [-0.15, -0.1) is 0 Å². The molecule has 1 amide bonds. The Balaban J connectivity index is 2.03. The van der Waals surface area contributed by atoms with E-state index in [1.807, 2.05) is 13.9 Å². The number of likely N-dealkylation sites (tertiary alicyclic amines) is 1. The van der Waals surface area contributed by atoms with Gasteiger partial charge in [-0.25, -0.2) is 4.79 Å². The Bertz CT molecular complexity index is 676. The molecule has 0 N–H and O–H groups in total. The lowest BCUT2D eigenvalue weighted by Crippen LogP contribution is -2.42. The van der Waals surface area contributed by atoms with Crippen LogP contribution in [0, 0.1) is 11.3 Å². The summed E-state index contributed by atoms with van der Waals surface area (Å²) in [6.45, 7) is 6.28. The molecule has 1 heterocycles. The Morgan fingerprint density at radius 1 is 1.42 bits per heavy atom. The fraction of sp³-hybridized carbons (Fsp3) is 0.412. The number of carbonyl (C=O) groups is 1. The van der Waals surface area contributed by atoms with Gasteiger partial charge in [-0.3, -0.25) is 0 Å². The van der Waals surface area contributed by atoms with E-state index in [1.165, 1.54) is 0 Å². The van der Waals surface area contributed by atoms with Gasteiger partial charge < -0.3 is 19.1 Å². The minimum Gasteiger partial charge on any atom is -0.493 e. The average molecular weight is 328 g/mol. The summed E-state index contributed by atoms with van der Waals surface area (Å²) >= 11 is 0. The maximum atomic E-state index is 11.9. The zero-order valence-electron chi connectivity index (χ0n) is 14.3. The van der Waals surface area contributed by atoms with Crippen LogP contribution in [0.15, 0.2) is 24.5 Å². The van der Waals surface area contributed by atoms with E-state index in [2.05, 4.69) is 12.6 Å². The van der Waals surface area contributed by atoms with Gasteiger partial charge in [0.2, 0.25) is 0 Å². The van der Waals surface area contributed by atoms with Crippen molar-refractivity contribution >= 4 is 19.4 Å². The fourth-order valence-corrected chi connectivity index (χ4v) is 2.63. The van der Waals surface area contributed by atoms with Gasteiger partial charge >= 0.3 is 6.09 Å². The Morgan fingerprint density at radius 3 is 2.62 bits per heavy atom. The normalized spacial score (nSPS) is 14.6. The number of benzene rings is 1. The van der Waals surface area contributed by atoms with Crippen LogP contribution >= 0.6 is 0 Å². The van der Waals surface area contributed by atoms with Crippen molar-refractivity contribution in [2.45, 2.75) is 25.9 Å². The first-order valence-electron chi connectivity index (χ1n) is 7.82. The molecule has 24 heavy (non-hydrogen) atoms. The predicted octanol–water partition coefficient (Wildman–Crippen LogP) is 1.34. The van der Waals surface area contributed by atoms with Gasteiger partial charge in [0.1, 0.15) is 20.0 Å². The molecule has 1 aliphatic rings. The number of hydrogen-bond acceptors (Lipinski definition) is 5. The van der Waals surface area contributed by atoms with Crippen molar-refractivity contribution in [3.63, 3.8) is 0 Å². The number of piperidine rings is 1.